The van der Waals surface area contributed by atoms with Crippen LogP contribution < -0.4 is 5.73 Å². The summed E-state index contributed by atoms with van der Waals surface area (Å²) in [6, 6.07) is 7.87. The predicted octanol–water partition coefficient (Wildman–Crippen LogP) is 3.03. The lowest BCUT2D eigenvalue weighted by Gasteiger charge is -2.04. The second-order valence-corrected chi connectivity index (χ2v) is 4.20. The lowest BCUT2D eigenvalue weighted by molar-refractivity contribution is 0.436. The summed E-state index contributed by atoms with van der Waals surface area (Å²) in [6.07, 6.45) is 4.74. The molecule has 0 amide bonds. The number of aromatic nitrogens is 2. The first-order valence-corrected chi connectivity index (χ1v) is 5.87. The minimum absolute atomic E-state index is 0.394. The van der Waals surface area contributed by atoms with Crippen molar-refractivity contribution in [1.82, 2.24) is 10.1 Å². The van der Waals surface area contributed by atoms with Crippen molar-refractivity contribution in [2.45, 2.75) is 13.3 Å². The Kier molecular flexibility index (Phi) is 2.48. The van der Waals surface area contributed by atoms with Gasteiger partial charge in [-0.15, -0.1) is 0 Å². The van der Waals surface area contributed by atoms with E-state index in [1.807, 2.05) is 24.5 Å². The Bertz CT molecular complexity index is 703. The van der Waals surface area contributed by atoms with Gasteiger partial charge in [0, 0.05) is 29.4 Å². The maximum atomic E-state index is 5.56. The Balaban J connectivity index is 2.17. The van der Waals surface area contributed by atoms with Crippen molar-refractivity contribution < 1.29 is 4.52 Å². The highest BCUT2D eigenvalue weighted by atomic mass is 16.5. The normalized spacial score (nSPS) is 10.9. The van der Waals surface area contributed by atoms with E-state index in [2.05, 4.69) is 23.1 Å². The molecular weight excluding hydrogens is 226 g/mol. The van der Waals surface area contributed by atoms with Crippen molar-refractivity contribution in [2.75, 3.05) is 5.73 Å². The molecule has 2 N–H and O–H groups in total. The van der Waals surface area contributed by atoms with Gasteiger partial charge >= 0.3 is 0 Å². The van der Waals surface area contributed by atoms with Gasteiger partial charge in [0.25, 0.3) is 0 Å². The smallest absolute Gasteiger partial charge is 0.169 e. The monoisotopic (exact) mass is 239 g/mol. The van der Waals surface area contributed by atoms with E-state index in [0.717, 1.165) is 17.4 Å². The van der Waals surface area contributed by atoms with Crippen molar-refractivity contribution in [2.24, 2.45) is 0 Å². The number of benzene rings is 1. The summed E-state index contributed by atoms with van der Waals surface area (Å²) >= 11 is 0. The molecule has 0 unspecified atom stereocenters. The summed E-state index contributed by atoms with van der Waals surface area (Å²) in [5.74, 6) is 1.07. The Morgan fingerprint density at radius 2 is 2.11 bits per heavy atom. The molecule has 0 spiro atoms. The van der Waals surface area contributed by atoms with Crippen LogP contribution in [-0.2, 0) is 6.42 Å². The van der Waals surface area contributed by atoms with E-state index in [0.29, 0.717) is 11.6 Å². The predicted molar refractivity (Wildman–Crippen MR) is 71.0 cm³/mol. The van der Waals surface area contributed by atoms with E-state index in [1.165, 1.54) is 10.9 Å². The molecule has 4 nitrogen and oxygen atoms in total. The van der Waals surface area contributed by atoms with Gasteiger partial charge in [0.1, 0.15) is 0 Å². The maximum Gasteiger partial charge on any atom is 0.169 e. The fraction of sp³-hybridized carbons (Fsp3) is 0.143. The van der Waals surface area contributed by atoms with Crippen LogP contribution in [0.2, 0.25) is 0 Å². The molecule has 0 atom stereocenters. The summed E-state index contributed by atoms with van der Waals surface area (Å²) in [6.45, 7) is 2.13. The lowest BCUT2D eigenvalue weighted by atomic mass is 10.0. The lowest BCUT2D eigenvalue weighted by Crippen LogP contribution is -1.86. The maximum absolute atomic E-state index is 5.56. The molecule has 0 radical (unpaired) electrons. The Labute approximate surface area is 104 Å². The molecule has 0 aliphatic heterocycles. The third-order valence-electron chi connectivity index (χ3n) is 3.04. The van der Waals surface area contributed by atoms with Gasteiger partial charge in [0.15, 0.2) is 11.6 Å². The summed E-state index contributed by atoms with van der Waals surface area (Å²) in [4.78, 5) is 4.25. The van der Waals surface area contributed by atoms with Crippen LogP contribution in [0.15, 0.2) is 41.2 Å². The molecular formula is C14H13N3O. The number of hydrogen-bond donors (Lipinski definition) is 1. The number of rotatable bonds is 2. The second-order valence-electron chi connectivity index (χ2n) is 4.20. The van der Waals surface area contributed by atoms with Gasteiger partial charge in [-0.05, 0) is 23.4 Å². The fourth-order valence-electron chi connectivity index (χ4n) is 2.10. The molecule has 0 fully saturated rings. The Morgan fingerprint density at radius 1 is 1.22 bits per heavy atom. The van der Waals surface area contributed by atoms with Crippen molar-refractivity contribution in [1.29, 1.82) is 0 Å². The first-order valence-electron chi connectivity index (χ1n) is 5.87. The number of nitrogens with zero attached hydrogens (tertiary/aromatic N) is 2. The standard InChI is InChI=1S/C14H13N3O/c1-2-9-7-16-8-11-5-10(3-4-12(9)11)13-6-14(15)17-18-13/h3-8H,2H2,1H3,(H2,15,17). The second kappa shape index (κ2) is 4.14. The number of fused-ring (bicyclic) bond motifs is 1. The summed E-state index contributed by atoms with van der Waals surface area (Å²) in [5.41, 5.74) is 7.76. The van der Waals surface area contributed by atoms with Gasteiger partial charge in [0.2, 0.25) is 0 Å². The van der Waals surface area contributed by atoms with E-state index in [9.17, 15) is 0 Å². The summed E-state index contributed by atoms with van der Waals surface area (Å²) in [7, 11) is 0. The van der Waals surface area contributed by atoms with Crippen molar-refractivity contribution in [3.8, 4) is 11.3 Å². The number of aryl methyl sites for hydroxylation is 1. The van der Waals surface area contributed by atoms with Crippen LogP contribution >= 0.6 is 0 Å². The quantitative estimate of drug-likeness (QED) is 0.746. The fourth-order valence-corrected chi connectivity index (χ4v) is 2.10. The first kappa shape index (κ1) is 10.8. The molecule has 90 valence electrons. The molecule has 18 heavy (non-hydrogen) atoms. The highest BCUT2D eigenvalue weighted by molar-refractivity contribution is 5.88. The van der Waals surface area contributed by atoms with Crippen molar-refractivity contribution in [3.63, 3.8) is 0 Å². The van der Waals surface area contributed by atoms with Crippen LogP contribution in [0, 0.1) is 0 Å². The van der Waals surface area contributed by atoms with Gasteiger partial charge in [-0.1, -0.05) is 24.2 Å². The third kappa shape index (κ3) is 1.72. The molecule has 2 aromatic heterocycles. The van der Waals surface area contributed by atoms with E-state index >= 15 is 0 Å². The summed E-state index contributed by atoms with van der Waals surface area (Å²) < 4.78 is 5.16. The minimum Gasteiger partial charge on any atom is -0.381 e. The molecule has 0 aliphatic rings. The number of anilines is 1. The average Bonchev–Trinajstić information content (AvgIpc) is 2.84. The molecule has 4 heteroatoms. The largest absolute Gasteiger partial charge is 0.381 e. The van der Waals surface area contributed by atoms with Crippen LogP contribution in [-0.4, -0.2) is 10.1 Å². The number of pyridine rings is 1. The van der Waals surface area contributed by atoms with E-state index in [4.69, 9.17) is 10.3 Å². The number of nitrogens with two attached hydrogens (primary N) is 1. The zero-order valence-electron chi connectivity index (χ0n) is 10.1. The topological polar surface area (TPSA) is 64.9 Å². The highest BCUT2D eigenvalue weighted by Gasteiger charge is 2.07. The van der Waals surface area contributed by atoms with E-state index < -0.39 is 0 Å². The zero-order valence-corrected chi connectivity index (χ0v) is 10.1. The first-order chi connectivity index (χ1) is 8.78. The van der Waals surface area contributed by atoms with Gasteiger partial charge in [-0.25, -0.2) is 0 Å². The molecule has 0 saturated heterocycles. The zero-order chi connectivity index (χ0) is 12.5. The molecule has 0 bridgehead atoms. The van der Waals surface area contributed by atoms with Gasteiger partial charge < -0.3 is 10.3 Å². The molecule has 3 aromatic rings. The highest BCUT2D eigenvalue weighted by Crippen LogP contribution is 2.26. The van der Waals surface area contributed by atoms with Crippen LogP contribution in [0.3, 0.4) is 0 Å². The van der Waals surface area contributed by atoms with Crippen molar-refractivity contribution >= 4 is 16.6 Å². The van der Waals surface area contributed by atoms with Crippen LogP contribution in [0.1, 0.15) is 12.5 Å². The molecule has 2 heterocycles. The molecule has 0 saturated carbocycles. The van der Waals surface area contributed by atoms with E-state index in [-0.39, 0.29) is 0 Å². The molecule has 1 aromatic carbocycles. The SMILES string of the molecule is CCc1cncc2cc(-c3cc(N)no3)ccc12. The minimum atomic E-state index is 0.394. The van der Waals surface area contributed by atoms with Crippen LogP contribution in [0.25, 0.3) is 22.1 Å². The molecule has 0 aliphatic carbocycles. The summed E-state index contributed by atoms with van der Waals surface area (Å²) in [5, 5.41) is 6.02. The Hall–Kier alpha value is -2.36. The number of hydrogen-bond acceptors (Lipinski definition) is 4. The van der Waals surface area contributed by atoms with Crippen LogP contribution in [0.5, 0.6) is 0 Å². The van der Waals surface area contributed by atoms with E-state index in [1.54, 1.807) is 6.07 Å². The van der Waals surface area contributed by atoms with Crippen molar-refractivity contribution in [3.05, 3.63) is 42.2 Å². The molecule has 3 rings (SSSR count). The number of nitrogen functional groups attached to an aromatic ring is 1. The third-order valence-corrected chi connectivity index (χ3v) is 3.04. The average molecular weight is 239 g/mol. The van der Waals surface area contributed by atoms with Gasteiger partial charge in [-0.3, -0.25) is 4.98 Å². The Morgan fingerprint density at radius 3 is 2.83 bits per heavy atom. The van der Waals surface area contributed by atoms with Crippen LogP contribution in [0.4, 0.5) is 5.82 Å². The van der Waals surface area contributed by atoms with Gasteiger partial charge in [-0.2, -0.15) is 0 Å². The van der Waals surface area contributed by atoms with Gasteiger partial charge in [0.05, 0.1) is 0 Å².